The molecular weight excluding hydrogens is 152 g/mol. The number of rotatable bonds is 3. The first-order valence-corrected chi connectivity index (χ1v) is 4.89. The topological polar surface area (TPSA) is 26.3 Å². The first kappa shape index (κ1) is 8.24. The van der Waals surface area contributed by atoms with Gasteiger partial charge >= 0.3 is 0 Å². The number of ether oxygens (including phenoxy) is 1. The summed E-state index contributed by atoms with van der Waals surface area (Å²) >= 11 is 0. The summed E-state index contributed by atoms with van der Waals surface area (Å²) in [6.45, 7) is 1.52. The molecule has 1 unspecified atom stereocenters. The Morgan fingerprint density at radius 2 is 2.33 bits per heavy atom. The molecule has 0 bridgehead atoms. The van der Waals surface area contributed by atoms with E-state index >= 15 is 0 Å². The van der Waals surface area contributed by atoms with Crippen molar-refractivity contribution in [2.45, 2.75) is 32.1 Å². The second-order valence-electron chi connectivity index (χ2n) is 4.28. The van der Waals surface area contributed by atoms with Gasteiger partial charge in [-0.05, 0) is 25.2 Å². The smallest absolute Gasteiger partial charge is 0.128 e. The van der Waals surface area contributed by atoms with Crippen LogP contribution in [0.3, 0.4) is 0 Å². The highest BCUT2D eigenvalue weighted by atomic mass is 16.5. The molecule has 1 aliphatic heterocycles. The van der Waals surface area contributed by atoms with Gasteiger partial charge in [0.1, 0.15) is 6.29 Å². The Kier molecular flexibility index (Phi) is 2.18. The summed E-state index contributed by atoms with van der Waals surface area (Å²) in [5.41, 5.74) is -0.0978. The zero-order chi connectivity index (χ0) is 8.44. The maximum atomic E-state index is 11.0. The molecule has 12 heavy (non-hydrogen) atoms. The van der Waals surface area contributed by atoms with Crippen molar-refractivity contribution < 1.29 is 9.53 Å². The van der Waals surface area contributed by atoms with E-state index < -0.39 is 0 Å². The Bertz CT molecular complexity index is 167. The van der Waals surface area contributed by atoms with Crippen LogP contribution in [0, 0.1) is 11.3 Å². The van der Waals surface area contributed by atoms with E-state index in [2.05, 4.69) is 0 Å². The summed E-state index contributed by atoms with van der Waals surface area (Å²) < 4.78 is 5.37. The van der Waals surface area contributed by atoms with E-state index in [9.17, 15) is 4.79 Å². The van der Waals surface area contributed by atoms with Crippen molar-refractivity contribution in [2.24, 2.45) is 11.3 Å². The Labute approximate surface area is 73.3 Å². The van der Waals surface area contributed by atoms with Crippen molar-refractivity contribution in [2.75, 3.05) is 13.2 Å². The summed E-state index contributed by atoms with van der Waals surface area (Å²) in [4.78, 5) is 11.0. The molecule has 1 atom stereocenters. The molecule has 0 aromatic rings. The first-order chi connectivity index (χ1) is 5.85. The van der Waals surface area contributed by atoms with Gasteiger partial charge in [0.05, 0.1) is 6.61 Å². The molecule has 2 rings (SSSR count). The molecular formula is C10H16O2. The maximum absolute atomic E-state index is 11.0. The molecule has 1 heterocycles. The quantitative estimate of drug-likeness (QED) is 0.600. The van der Waals surface area contributed by atoms with Gasteiger partial charge in [-0.3, -0.25) is 0 Å². The minimum Gasteiger partial charge on any atom is -0.380 e. The summed E-state index contributed by atoms with van der Waals surface area (Å²) in [6.07, 6.45) is 6.99. The van der Waals surface area contributed by atoms with Crippen LogP contribution >= 0.6 is 0 Å². The SMILES string of the molecule is O=CC1(CC2CC2)CCCOC1. The van der Waals surface area contributed by atoms with E-state index in [-0.39, 0.29) is 5.41 Å². The van der Waals surface area contributed by atoms with Crippen LogP contribution in [0.4, 0.5) is 0 Å². The fourth-order valence-electron chi connectivity index (χ4n) is 2.07. The minimum atomic E-state index is -0.0978. The standard InChI is InChI=1S/C10H16O2/c11-7-10(6-9-2-3-9)4-1-5-12-8-10/h7,9H,1-6,8H2. The van der Waals surface area contributed by atoms with Crippen LogP contribution in [0.2, 0.25) is 0 Å². The van der Waals surface area contributed by atoms with Gasteiger partial charge in [-0.1, -0.05) is 12.8 Å². The lowest BCUT2D eigenvalue weighted by molar-refractivity contribution is -0.124. The molecule has 0 N–H and O–H groups in total. The molecule has 0 amide bonds. The predicted molar refractivity (Wildman–Crippen MR) is 45.9 cm³/mol. The largest absolute Gasteiger partial charge is 0.380 e. The third kappa shape index (κ3) is 1.69. The molecule has 0 spiro atoms. The van der Waals surface area contributed by atoms with Crippen LogP contribution in [-0.2, 0) is 9.53 Å². The van der Waals surface area contributed by atoms with Gasteiger partial charge in [0.15, 0.2) is 0 Å². The van der Waals surface area contributed by atoms with Crippen molar-refractivity contribution in [3.63, 3.8) is 0 Å². The van der Waals surface area contributed by atoms with Gasteiger partial charge in [-0.15, -0.1) is 0 Å². The van der Waals surface area contributed by atoms with E-state index in [1.807, 2.05) is 0 Å². The minimum absolute atomic E-state index is 0.0978. The zero-order valence-corrected chi connectivity index (χ0v) is 7.42. The van der Waals surface area contributed by atoms with E-state index in [4.69, 9.17) is 4.74 Å². The Morgan fingerprint density at radius 1 is 1.50 bits per heavy atom. The maximum Gasteiger partial charge on any atom is 0.128 e. The highest BCUT2D eigenvalue weighted by Gasteiger charge is 2.38. The molecule has 1 saturated heterocycles. The van der Waals surface area contributed by atoms with Crippen LogP contribution in [0.15, 0.2) is 0 Å². The van der Waals surface area contributed by atoms with Crippen molar-refractivity contribution in [1.29, 1.82) is 0 Å². The number of aldehydes is 1. The number of hydrogen-bond donors (Lipinski definition) is 0. The number of carbonyl (C=O) groups excluding carboxylic acids is 1. The normalized spacial score (nSPS) is 36.3. The van der Waals surface area contributed by atoms with E-state index in [0.717, 1.165) is 38.1 Å². The van der Waals surface area contributed by atoms with Gasteiger partial charge in [-0.25, -0.2) is 0 Å². The van der Waals surface area contributed by atoms with E-state index in [1.165, 1.54) is 12.8 Å². The Hall–Kier alpha value is -0.370. The molecule has 2 heteroatoms. The predicted octanol–water partition coefficient (Wildman–Crippen LogP) is 1.78. The average Bonchev–Trinajstić information content (AvgIpc) is 2.90. The second kappa shape index (κ2) is 3.17. The summed E-state index contributed by atoms with van der Waals surface area (Å²) in [5, 5.41) is 0. The highest BCUT2D eigenvalue weighted by molar-refractivity contribution is 5.59. The van der Waals surface area contributed by atoms with Gasteiger partial charge in [-0.2, -0.15) is 0 Å². The fourth-order valence-corrected chi connectivity index (χ4v) is 2.07. The lowest BCUT2D eigenvalue weighted by atomic mass is 9.79. The van der Waals surface area contributed by atoms with E-state index in [0.29, 0.717) is 6.61 Å². The van der Waals surface area contributed by atoms with Crippen molar-refractivity contribution in [3.05, 3.63) is 0 Å². The van der Waals surface area contributed by atoms with Crippen molar-refractivity contribution >= 4 is 6.29 Å². The molecule has 0 aromatic carbocycles. The summed E-state index contributed by atoms with van der Waals surface area (Å²) in [5.74, 6) is 0.830. The van der Waals surface area contributed by atoms with Crippen LogP contribution < -0.4 is 0 Å². The summed E-state index contributed by atoms with van der Waals surface area (Å²) in [7, 11) is 0. The zero-order valence-electron chi connectivity index (χ0n) is 7.42. The first-order valence-electron chi connectivity index (χ1n) is 4.89. The molecule has 2 fully saturated rings. The van der Waals surface area contributed by atoms with Crippen molar-refractivity contribution in [3.8, 4) is 0 Å². The molecule has 1 saturated carbocycles. The van der Waals surface area contributed by atoms with Gasteiger partial charge < -0.3 is 9.53 Å². The molecule has 2 nitrogen and oxygen atoms in total. The van der Waals surface area contributed by atoms with Crippen molar-refractivity contribution in [1.82, 2.24) is 0 Å². The molecule has 68 valence electrons. The van der Waals surface area contributed by atoms with Gasteiger partial charge in [0, 0.05) is 12.0 Å². The Balaban J connectivity index is 1.94. The third-order valence-corrected chi connectivity index (χ3v) is 2.99. The lowest BCUT2D eigenvalue weighted by Crippen LogP contribution is -2.33. The fraction of sp³-hybridized carbons (Fsp3) is 0.900. The van der Waals surface area contributed by atoms with Crippen LogP contribution in [-0.4, -0.2) is 19.5 Å². The average molecular weight is 168 g/mol. The van der Waals surface area contributed by atoms with Crippen LogP contribution in [0.5, 0.6) is 0 Å². The third-order valence-electron chi connectivity index (χ3n) is 2.99. The number of hydrogen-bond acceptors (Lipinski definition) is 2. The Morgan fingerprint density at radius 3 is 2.83 bits per heavy atom. The summed E-state index contributed by atoms with van der Waals surface area (Å²) in [6, 6.07) is 0. The van der Waals surface area contributed by atoms with Gasteiger partial charge in [0.25, 0.3) is 0 Å². The highest BCUT2D eigenvalue weighted by Crippen LogP contribution is 2.42. The lowest BCUT2D eigenvalue weighted by Gasteiger charge is -2.31. The molecule has 0 aromatic heterocycles. The molecule has 0 radical (unpaired) electrons. The monoisotopic (exact) mass is 168 g/mol. The second-order valence-corrected chi connectivity index (χ2v) is 4.28. The van der Waals surface area contributed by atoms with E-state index in [1.54, 1.807) is 0 Å². The molecule has 1 aliphatic carbocycles. The molecule has 2 aliphatic rings. The number of carbonyl (C=O) groups is 1. The van der Waals surface area contributed by atoms with Gasteiger partial charge in [0.2, 0.25) is 0 Å². The van der Waals surface area contributed by atoms with Crippen LogP contribution in [0.25, 0.3) is 0 Å². The van der Waals surface area contributed by atoms with Crippen LogP contribution in [0.1, 0.15) is 32.1 Å².